The Labute approximate surface area is 228 Å². The molecular formula is C28H26N2O10. The van der Waals surface area contributed by atoms with E-state index in [1.165, 1.54) is 38.1 Å². The van der Waals surface area contributed by atoms with Gasteiger partial charge in [0.25, 0.3) is 11.8 Å². The Kier molecular flexibility index (Phi) is 6.36. The van der Waals surface area contributed by atoms with Crippen LogP contribution in [0.3, 0.4) is 0 Å². The van der Waals surface area contributed by atoms with E-state index in [-0.39, 0.29) is 22.6 Å². The van der Waals surface area contributed by atoms with E-state index in [2.05, 4.69) is 10.6 Å². The molecule has 2 heterocycles. The SMILES string of the molecule is COC(=O)[C@@H](C)NC(=O)[C@]12Oc3ccccc3C(=O)[C@H]1[C@@H]1C(=O)c3ccccc3O[C@@]12C(=O)N[C@H](C)C(=O)OC. The Balaban J connectivity index is 1.74. The van der Waals surface area contributed by atoms with E-state index in [4.69, 9.17) is 18.9 Å². The van der Waals surface area contributed by atoms with Crippen LogP contribution >= 0.6 is 0 Å². The summed E-state index contributed by atoms with van der Waals surface area (Å²) < 4.78 is 21.9. The zero-order valence-corrected chi connectivity index (χ0v) is 22.0. The van der Waals surface area contributed by atoms with Gasteiger partial charge >= 0.3 is 11.9 Å². The van der Waals surface area contributed by atoms with Gasteiger partial charge in [0.2, 0.25) is 11.2 Å². The third-order valence-corrected chi connectivity index (χ3v) is 7.65. The Hall–Kier alpha value is -4.74. The summed E-state index contributed by atoms with van der Waals surface area (Å²) in [6, 6.07) is 9.74. The van der Waals surface area contributed by atoms with Crippen molar-refractivity contribution < 1.29 is 47.7 Å². The molecule has 208 valence electrons. The zero-order valence-electron chi connectivity index (χ0n) is 22.0. The third kappa shape index (κ3) is 3.44. The number of carbonyl (C=O) groups excluding carboxylic acids is 6. The molecule has 12 nitrogen and oxygen atoms in total. The number of ether oxygens (including phenoxy) is 4. The molecule has 0 aromatic heterocycles. The topological polar surface area (TPSA) is 163 Å². The predicted molar refractivity (Wildman–Crippen MR) is 134 cm³/mol. The van der Waals surface area contributed by atoms with Gasteiger partial charge in [-0.15, -0.1) is 0 Å². The number of benzene rings is 2. The number of ketones is 2. The fraction of sp³-hybridized carbons (Fsp3) is 0.357. The van der Waals surface area contributed by atoms with Crippen LogP contribution < -0.4 is 20.1 Å². The van der Waals surface area contributed by atoms with Gasteiger partial charge < -0.3 is 29.6 Å². The van der Waals surface area contributed by atoms with Crippen LogP contribution in [0.5, 0.6) is 11.5 Å². The van der Waals surface area contributed by atoms with Crippen molar-refractivity contribution in [3.05, 3.63) is 59.7 Å². The maximum Gasteiger partial charge on any atom is 0.328 e. The molecule has 2 aromatic rings. The van der Waals surface area contributed by atoms with Gasteiger partial charge in [-0.05, 0) is 38.1 Å². The molecule has 0 spiro atoms. The number of hydrogen-bond acceptors (Lipinski definition) is 10. The summed E-state index contributed by atoms with van der Waals surface area (Å²) >= 11 is 0. The average molecular weight is 551 g/mol. The molecule has 0 saturated heterocycles. The molecule has 6 atom stereocenters. The fourth-order valence-corrected chi connectivity index (χ4v) is 5.78. The quantitative estimate of drug-likeness (QED) is 0.487. The minimum Gasteiger partial charge on any atom is -0.471 e. The van der Waals surface area contributed by atoms with Crippen molar-refractivity contribution in [3.8, 4) is 11.5 Å². The van der Waals surface area contributed by atoms with E-state index >= 15 is 0 Å². The summed E-state index contributed by atoms with van der Waals surface area (Å²) in [6.07, 6.45) is 0. The number of amides is 2. The highest BCUT2D eigenvalue weighted by Crippen LogP contribution is 2.63. The lowest BCUT2D eigenvalue weighted by atomic mass is 9.44. The number of fused-ring (bicyclic) bond motifs is 6. The van der Waals surface area contributed by atoms with Gasteiger partial charge in [0, 0.05) is 0 Å². The van der Waals surface area contributed by atoms with Crippen LogP contribution in [0.15, 0.2) is 48.5 Å². The molecule has 40 heavy (non-hydrogen) atoms. The van der Waals surface area contributed by atoms with Crippen LogP contribution in [-0.4, -0.2) is 72.8 Å². The van der Waals surface area contributed by atoms with Gasteiger partial charge in [-0.1, -0.05) is 24.3 Å². The highest BCUT2D eigenvalue weighted by Gasteiger charge is 2.89. The van der Waals surface area contributed by atoms with Gasteiger partial charge in [0.1, 0.15) is 23.6 Å². The molecule has 0 unspecified atom stereocenters. The number of para-hydroxylation sites is 2. The smallest absolute Gasteiger partial charge is 0.328 e. The lowest BCUT2D eigenvalue weighted by Crippen LogP contribution is -2.92. The van der Waals surface area contributed by atoms with E-state index < -0.39 is 70.4 Å². The van der Waals surface area contributed by atoms with E-state index in [1.807, 2.05) is 0 Å². The fourth-order valence-electron chi connectivity index (χ4n) is 5.78. The molecule has 1 aliphatic carbocycles. The van der Waals surface area contributed by atoms with Crippen LogP contribution in [0.25, 0.3) is 0 Å². The lowest BCUT2D eigenvalue weighted by Gasteiger charge is -2.65. The van der Waals surface area contributed by atoms with Crippen LogP contribution in [0.2, 0.25) is 0 Å². The molecule has 2 amide bonds. The van der Waals surface area contributed by atoms with E-state index in [1.54, 1.807) is 24.3 Å². The van der Waals surface area contributed by atoms with Crippen molar-refractivity contribution in [1.82, 2.24) is 10.6 Å². The van der Waals surface area contributed by atoms with Gasteiger partial charge in [-0.3, -0.25) is 19.2 Å². The van der Waals surface area contributed by atoms with E-state index in [0.29, 0.717) is 0 Å². The molecule has 5 rings (SSSR count). The van der Waals surface area contributed by atoms with Gasteiger partial charge in [-0.25, -0.2) is 9.59 Å². The van der Waals surface area contributed by atoms with Gasteiger partial charge in [0.15, 0.2) is 11.6 Å². The Morgan fingerprint density at radius 3 is 1.40 bits per heavy atom. The molecule has 0 radical (unpaired) electrons. The number of Topliss-reactive ketones (excluding diaryl/α,β-unsaturated/α-hetero) is 2. The first-order valence-electron chi connectivity index (χ1n) is 12.5. The number of rotatable bonds is 6. The molecule has 2 N–H and O–H groups in total. The minimum atomic E-state index is -2.45. The summed E-state index contributed by atoms with van der Waals surface area (Å²) in [5, 5.41) is 4.92. The van der Waals surface area contributed by atoms with E-state index in [0.717, 1.165) is 14.2 Å². The molecule has 1 saturated carbocycles. The van der Waals surface area contributed by atoms with Crippen molar-refractivity contribution in [2.75, 3.05) is 14.2 Å². The second-order valence-electron chi connectivity index (χ2n) is 9.79. The number of esters is 2. The van der Waals surface area contributed by atoms with Crippen molar-refractivity contribution in [2.45, 2.75) is 37.1 Å². The second-order valence-corrected chi connectivity index (χ2v) is 9.79. The Morgan fingerprint density at radius 1 is 0.700 bits per heavy atom. The van der Waals surface area contributed by atoms with Crippen LogP contribution in [0.4, 0.5) is 0 Å². The Morgan fingerprint density at radius 2 is 1.05 bits per heavy atom. The third-order valence-electron chi connectivity index (χ3n) is 7.65. The van der Waals surface area contributed by atoms with Crippen molar-refractivity contribution >= 4 is 35.3 Å². The molecular weight excluding hydrogens is 524 g/mol. The van der Waals surface area contributed by atoms with E-state index in [9.17, 15) is 28.8 Å². The normalized spacial score (nSPS) is 26.9. The maximum absolute atomic E-state index is 14.2. The summed E-state index contributed by atoms with van der Waals surface area (Å²) in [6.45, 7) is 2.69. The second kappa shape index (κ2) is 9.47. The van der Waals surface area contributed by atoms with Crippen LogP contribution in [0.1, 0.15) is 34.6 Å². The van der Waals surface area contributed by atoms with Crippen molar-refractivity contribution in [1.29, 1.82) is 0 Å². The van der Waals surface area contributed by atoms with Crippen molar-refractivity contribution in [2.24, 2.45) is 11.8 Å². The zero-order chi connectivity index (χ0) is 29.0. The summed E-state index contributed by atoms with van der Waals surface area (Å²) in [7, 11) is 2.26. The molecule has 3 aliphatic rings. The monoisotopic (exact) mass is 550 g/mol. The maximum atomic E-state index is 14.2. The Bertz CT molecular complexity index is 1360. The molecule has 2 aromatic carbocycles. The molecule has 1 fully saturated rings. The summed E-state index contributed by atoms with van der Waals surface area (Å²) in [5.74, 6) is -8.00. The standard InChI is InChI=1S/C28H26N2O10/c1-13(23(33)37-3)29-25(35)27-19(21(31)15-9-5-7-11-17(15)39-27)20-22(32)16-10-6-8-12-18(16)40-28(20,27)26(36)30-14(2)24(34)38-4/h5-14,19-20H,1-4H3,(H,29,35)(H,30,36)/t13-,14-,19-,20-,27-,28-/m1/s1. The van der Waals surface area contributed by atoms with Gasteiger partial charge in [0.05, 0.1) is 37.2 Å². The van der Waals surface area contributed by atoms with Crippen molar-refractivity contribution in [3.63, 3.8) is 0 Å². The first-order chi connectivity index (χ1) is 19.0. The summed E-state index contributed by atoms with van der Waals surface area (Å²) in [5.41, 5.74) is -4.68. The lowest BCUT2D eigenvalue weighted by molar-refractivity contribution is -0.240. The predicted octanol–water partition coefficient (Wildman–Crippen LogP) is 0.616. The highest BCUT2D eigenvalue weighted by atomic mass is 16.6. The van der Waals surface area contributed by atoms with Gasteiger partial charge in [-0.2, -0.15) is 0 Å². The number of nitrogens with one attached hydrogen (secondary N) is 2. The average Bonchev–Trinajstić information content (AvgIpc) is 2.95. The van der Waals surface area contributed by atoms with Crippen LogP contribution in [0, 0.1) is 11.8 Å². The first-order valence-corrected chi connectivity index (χ1v) is 12.5. The number of carbonyl (C=O) groups is 6. The largest absolute Gasteiger partial charge is 0.471 e. The molecule has 12 heteroatoms. The number of hydrogen-bond donors (Lipinski definition) is 2. The van der Waals surface area contributed by atoms with Crippen LogP contribution in [-0.2, 0) is 28.7 Å². The first kappa shape index (κ1) is 26.9. The highest BCUT2D eigenvalue weighted by molar-refractivity contribution is 6.21. The summed E-state index contributed by atoms with van der Waals surface area (Å²) in [4.78, 5) is 80.6. The number of methoxy groups -OCH3 is 2. The minimum absolute atomic E-state index is 0.0221. The molecule has 2 aliphatic heterocycles. The molecule has 0 bridgehead atoms.